The fourth-order valence-corrected chi connectivity index (χ4v) is 2.82. The standard InChI is InChI=1S/C13H14ClFN2S/c1-8(16-2)12-7-17-13(18-12)6-9-10(14)4-3-5-11(9)15/h3-5,7-8,16H,6H2,1-2H3. The van der Waals surface area contributed by atoms with E-state index in [1.54, 1.807) is 23.5 Å². The number of hydrogen-bond donors (Lipinski definition) is 1. The van der Waals surface area contributed by atoms with Crippen molar-refractivity contribution in [3.05, 3.63) is 50.7 Å². The maximum absolute atomic E-state index is 13.6. The first-order valence-electron chi connectivity index (χ1n) is 5.66. The number of halogens is 2. The van der Waals surface area contributed by atoms with Crippen LogP contribution in [0, 0.1) is 5.82 Å². The molecule has 0 bridgehead atoms. The van der Waals surface area contributed by atoms with Crippen molar-refractivity contribution in [2.75, 3.05) is 7.05 Å². The first-order chi connectivity index (χ1) is 8.61. The number of nitrogens with zero attached hydrogens (tertiary/aromatic N) is 1. The van der Waals surface area contributed by atoms with Gasteiger partial charge in [-0.2, -0.15) is 0 Å². The van der Waals surface area contributed by atoms with E-state index in [0.29, 0.717) is 17.0 Å². The van der Waals surface area contributed by atoms with Gasteiger partial charge in [-0.05, 0) is 26.1 Å². The Hall–Kier alpha value is -0.970. The van der Waals surface area contributed by atoms with Crippen molar-refractivity contribution in [2.45, 2.75) is 19.4 Å². The first kappa shape index (κ1) is 13.5. The SMILES string of the molecule is CNC(C)c1cnc(Cc2c(F)cccc2Cl)s1. The summed E-state index contributed by atoms with van der Waals surface area (Å²) in [5.74, 6) is -0.277. The molecule has 1 aromatic heterocycles. The van der Waals surface area contributed by atoms with Gasteiger partial charge in [-0.3, -0.25) is 0 Å². The molecule has 5 heteroatoms. The topological polar surface area (TPSA) is 24.9 Å². The summed E-state index contributed by atoms with van der Waals surface area (Å²) in [6.07, 6.45) is 2.27. The van der Waals surface area contributed by atoms with Crippen LogP contribution in [0.3, 0.4) is 0 Å². The molecule has 1 N–H and O–H groups in total. The van der Waals surface area contributed by atoms with E-state index < -0.39 is 0 Å². The molecule has 0 aliphatic carbocycles. The minimum absolute atomic E-state index is 0.257. The number of rotatable bonds is 4. The molecule has 0 amide bonds. The smallest absolute Gasteiger partial charge is 0.128 e. The molecule has 0 radical (unpaired) electrons. The number of nitrogens with one attached hydrogen (secondary N) is 1. The molecule has 0 spiro atoms. The van der Waals surface area contributed by atoms with E-state index in [-0.39, 0.29) is 11.9 Å². The summed E-state index contributed by atoms with van der Waals surface area (Å²) in [6.45, 7) is 2.06. The Morgan fingerprint density at radius 2 is 2.28 bits per heavy atom. The zero-order valence-corrected chi connectivity index (χ0v) is 11.8. The maximum Gasteiger partial charge on any atom is 0.128 e. The highest BCUT2D eigenvalue weighted by Gasteiger charge is 2.12. The van der Waals surface area contributed by atoms with Crippen LogP contribution in [0.4, 0.5) is 4.39 Å². The van der Waals surface area contributed by atoms with Crippen molar-refractivity contribution in [1.82, 2.24) is 10.3 Å². The van der Waals surface area contributed by atoms with E-state index in [4.69, 9.17) is 11.6 Å². The minimum atomic E-state index is -0.277. The summed E-state index contributed by atoms with van der Waals surface area (Å²) < 4.78 is 13.6. The van der Waals surface area contributed by atoms with Crippen LogP contribution in [0.1, 0.15) is 28.4 Å². The lowest BCUT2D eigenvalue weighted by Gasteiger charge is -2.05. The average molecular weight is 285 g/mol. The third-order valence-electron chi connectivity index (χ3n) is 2.82. The lowest BCUT2D eigenvalue weighted by Crippen LogP contribution is -2.10. The molecular weight excluding hydrogens is 271 g/mol. The molecule has 2 nitrogen and oxygen atoms in total. The number of benzene rings is 1. The lowest BCUT2D eigenvalue weighted by atomic mass is 10.1. The highest BCUT2D eigenvalue weighted by atomic mass is 35.5. The summed E-state index contributed by atoms with van der Waals surface area (Å²) in [4.78, 5) is 5.45. The van der Waals surface area contributed by atoms with Gasteiger partial charge in [0.15, 0.2) is 0 Å². The zero-order chi connectivity index (χ0) is 13.1. The first-order valence-corrected chi connectivity index (χ1v) is 6.86. The van der Waals surface area contributed by atoms with Crippen molar-refractivity contribution in [3.63, 3.8) is 0 Å². The summed E-state index contributed by atoms with van der Waals surface area (Å²) in [7, 11) is 1.90. The van der Waals surface area contributed by atoms with E-state index >= 15 is 0 Å². The van der Waals surface area contributed by atoms with Gasteiger partial charge in [0.2, 0.25) is 0 Å². The van der Waals surface area contributed by atoms with Gasteiger partial charge in [-0.1, -0.05) is 17.7 Å². The van der Waals surface area contributed by atoms with Crippen molar-refractivity contribution in [3.8, 4) is 0 Å². The van der Waals surface area contributed by atoms with Gasteiger partial charge in [0.1, 0.15) is 5.82 Å². The third-order valence-corrected chi connectivity index (χ3v) is 4.36. The van der Waals surface area contributed by atoms with Crippen molar-refractivity contribution >= 4 is 22.9 Å². The van der Waals surface area contributed by atoms with Gasteiger partial charge in [0, 0.05) is 34.1 Å². The second kappa shape index (κ2) is 5.78. The Kier molecular flexibility index (Phi) is 4.32. The average Bonchev–Trinajstić information content (AvgIpc) is 2.81. The number of aromatic nitrogens is 1. The predicted molar refractivity (Wildman–Crippen MR) is 73.8 cm³/mol. The fraction of sp³-hybridized carbons (Fsp3) is 0.308. The zero-order valence-electron chi connectivity index (χ0n) is 10.2. The van der Waals surface area contributed by atoms with E-state index in [0.717, 1.165) is 9.88 Å². The molecule has 1 unspecified atom stereocenters. The van der Waals surface area contributed by atoms with Crippen molar-refractivity contribution < 1.29 is 4.39 Å². The van der Waals surface area contributed by atoms with Crippen molar-refractivity contribution in [2.24, 2.45) is 0 Å². The molecule has 18 heavy (non-hydrogen) atoms. The summed E-state index contributed by atoms with van der Waals surface area (Å²) in [6, 6.07) is 4.99. The molecule has 2 rings (SSSR count). The van der Waals surface area contributed by atoms with Gasteiger partial charge < -0.3 is 5.32 Å². The van der Waals surface area contributed by atoms with E-state index in [9.17, 15) is 4.39 Å². The van der Waals surface area contributed by atoms with Gasteiger partial charge >= 0.3 is 0 Å². The number of hydrogen-bond acceptors (Lipinski definition) is 3. The molecular formula is C13H14ClFN2S. The van der Waals surface area contributed by atoms with Crippen LogP contribution in [-0.2, 0) is 6.42 Å². The fourth-order valence-electron chi connectivity index (χ4n) is 1.60. The van der Waals surface area contributed by atoms with Crippen LogP contribution in [0.15, 0.2) is 24.4 Å². The summed E-state index contributed by atoms with van der Waals surface area (Å²) in [5, 5.41) is 4.48. The van der Waals surface area contributed by atoms with E-state index in [1.807, 2.05) is 13.2 Å². The van der Waals surface area contributed by atoms with E-state index in [2.05, 4.69) is 17.2 Å². The molecule has 0 fully saturated rings. The number of thiazole rings is 1. The predicted octanol–water partition coefficient (Wildman–Crippen LogP) is 3.81. The lowest BCUT2D eigenvalue weighted by molar-refractivity contribution is 0.614. The van der Waals surface area contributed by atoms with Crippen LogP contribution in [0.5, 0.6) is 0 Å². The molecule has 0 saturated heterocycles. The monoisotopic (exact) mass is 284 g/mol. The Morgan fingerprint density at radius 1 is 1.50 bits per heavy atom. The van der Waals surface area contributed by atoms with Crippen molar-refractivity contribution in [1.29, 1.82) is 0 Å². The normalized spacial score (nSPS) is 12.7. The van der Waals surface area contributed by atoms with Crippen LogP contribution < -0.4 is 5.32 Å². The van der Waals surface area contributed by atoms with Crippen LogP contribution >= 0.6 is 22.9 Å². The molecule has 1 heterocycles. The van der Waals surface area contributed by atoms with Crippen LogP contribution in [-0.4, -0.2) is 12.0 Å². The molecule has 1 atom stereocenters. The highest BCUT2D eigenvalue weighted by Crippen LogP contribution is 2.26. The largest absolute Gasteiger partial charge is 0.312 e. The van der Waals surface area contributed by atoms with Crippen LogP contribution in [0.2, 0.25) is 5.02 Å². The molecule has 2 aromatic rings. The van der Waals surface area contributed by atoms with Gasteiger partial charge in [-0.15, -0.1) is 11.3 Å². The Morgan fingerprint density at radius 3 is 2.94 bits per heavy atom. The van der Waals surface area contributed by atoms with Gasteiger partial charge in [0.05, 0.1) is 5.01 Å². The minimum Gasteiger partial charge on any atom is -0.312 e. The van der Waals surface area contributed by atoms with Gasteiger partial charge in [0.25, 0.3) is 0 Å². The second-order valence-corrected chi connectivity index (χ2v) is 5.60. The molecule has 96 valence electrons. The molecule has 0 aliphatic heterocycles. The maximum atomic E-state index is 13.6. The molecule has 0 saturated carbocycles. The summed E-state index contributed by atoms with van der Waals surface area (Å²) in [5.41, 5.74) is 0.511. The van der Waals surface area contributed by atoms with Crippen LogP contribution in [0.25, 0.3) is 0 Å². The highest BCUT2D eigenvalue weighted by molar-refractivity contribution is 7.11. The Bertz CT molecular complexity index is 521. The van der Waals surface area contributed by atoms with Gasteiger partial charge in [-0.25, -0.2) is 9.37 Å². The van der Waals surface area contributed by atoms with E-state index in [1.165, 1.54) is 6.07 Å². The Balaban J connectivity index is 2.21. The third kappa shape index (κ3) is 2.88. The Labute approximate surface area is 115 Å². The molecule has 0 aliphatic rings. The second-order valence-electron chi connectivity index (χ2n) is 4.04. The molecule has 1 aromatic carbocycles. The summed E-state index contributed by atoms with van der Waals surface area (Å²) >= 11 is 7.58. The quantitative estimate of drug-likeness (QED) is 0.923.